The molecule has 0 bridgehead atoms. The number of thiazole rings is 1. The molecule has 0 aliphatic carbocycles. The Morgan fingerprint density at radius 1 is 1.18 bits per heavy atom. The summed E-state index contributed by atoms with van der Waals surface area (Å²) in [6.07, 6.45) is 2.53. The zero-order valence-corrected chi connectivity index (χ0v) is 13.9. The topological polar surface area (TPSA) is 50.7 Å². The van der Waals surface area contributed by atoms with Gasteiger partial charge in [0.05, 0.1) is 26.8 Å². The normalized spacial score (nSPS) is 10.7. The van der Waals surface area contributed by atoms with Gasteiger partial charge in [-0.05, 0) is 25.5 Å². The highest BCUT2D eigenvalue weighted by molar-refractivity contribution is 7.15. The van der Waals surface area contributed by atoms with Crippen molar-refractivity contribution in [1.82, 2.24) is 15.0 Å². The fraction of sp³-hybridized carbons (Fsp3) is 0.188. The molecule has 112 valence electrons. The van der Waals surface area contributed by atoms with Gasteiger partial charge in [-0.15, -0.1) is 11.3 Å². The first-order chi connectivity index (χ1) is 10.7. The summed E-state index contributed by atoms with van der Waals surface area (Å²) < 4.78 is 0. The van der Waals surface area contributed by atoms with Gasteiger partial charge in [-0.25, -0.2) is 15.0 Å². The molecule has 0 spiro atoms. The van der Waals surface area contributed by atoms with E-state index >= 15 is 0 Å². The Morgan fingerprint density at radius 3 is 2.64 bits per heavy atom. The van der Waals surface area contributed by atoms with E-state index in [2.05, 4.69) is 27.2 Å². The van der Waals surface area contributed by atoms with Crippen LogP contribution >= 0.6 is 22.9 Å². The Bertz CT molecular complexity index is 786. The molecule has 0 radical (unpaired) electrons. The zero-order chi connectivity index (χ0) is 15.5. The fourth-order valence-electron chi connectivity index (χ4n) is 2.06. The molecule has 0 aliphatic rings. The van der Waals surface area contributed by atoms with Crippen molar-refractivity contribution in [1.29, 1.82) is 0 Å². The largest absolute Gasteiger partial charge is 0.324 e. The molecule has 0 fully saturated rings. The molecule has 0 atom stereocenters. The molecule has 0 unspecified atom stereocenters. The molecule has 0 saturated carbocycles. The Hall–Kier alpha value is -1.98. The average molecular weight is 331 g/mol. The van der Waals surface area contributed by atoms with Gasteiger partial charge in [0.25, 0.3) is 0 Å². The summed E-state index contributed by atoms with van der Waals surface area (Å²) in [6, 6.07) is 9.81. The van der Waals surface area contributed by atoms with Gasteiger partial charge in [-0.3, -0.25) is 0 Å². The minimum Gasteiger partial charge on any atom is -0.324 e. The highest BCUT2D eigenvalue weighted by Crippen LogP contribution is 2.34. The van der Waals surface area contributed by atoms with Gasteiger partial charge in [-0.1, -0.05) is 36.7 Å². The van der Waals surface area contributed by atoms with E-state index in [1.165, 1.54) is 0 Å². The summed E-state index contributed by atoms with van der Waals surface area (Å²) >= 11 is 7.91. The number of anilines is 2. The molecule has 4 nitrogen and oxygen atoms in total. The Kier molecular flexibility index (Phi) is 4.36. The van der Waals surface area contributed by atoms with Crippen LogP contribution in [0.4, 0.5) is 11.6 Å². The molecule has 1 aromatic carbocycles. The van der Waals surface area contributed by atoms with Gasteiger partial charge < -0.3 is 5.32 Å². The van der Waals surface area contributed by atoms with Crippen molar-refractivity contribution in [3.63, 3.8) is 0 Å². The van der Waals surface area contributed by atoms with E-state index in [4.69, 9.17) is 11.6 Å². The number of para-hydroxylation sites is 1. The van der Waals surface area contributed by atoms with Crippen molar-refractivity contribution >= 4 is 34.6 Å². The number of benzene rings is 1. The zero-order valence-electron chi connectivity index (χ0n) is 12.3. The molecule has 3 aromatic rings. The van der Waals surface area contributed by atoms with Gasteiger partial charge in [0.2, 0.25) is 5.95 Å². The summed E-state index contributed by atoms with van der Waals surface area (Å²) in [5.74, 6) is 0.524. The van der Waals surface area contributed by atoms with Crippen molar-refractivity contribution in [3.8, 4) is 10.6 Å². The quantitative estimate of drug-likeness (QED) is 0.741. The average Bonchev–Trinajstić information content (AvgIpc) is 2.91. The fourth-order valence-corrected chi connectivity index (χ4v) is 3.31. The van der Waals surface area contributed by atoms with Gasteiger partial charge in [0.15, 0.2) is 0 Å². The standard InChI is InChI=1S/C16H15ClN4S/c1-3-13-19-10(2)15(22-13)14-12(17)9-18-16(21-14)20-11-7-5-4-6-8-11/h4-9H,3H2,1-2H3,(H,18,20,21). The van der Waals surface area contributed by atoms with Crippen LogP contribution < -0.4 is 5.32 Å². The summed E-state index contributed by atoms with van der Waals surface area (Å²) in [5, 5.41) is 4.80. The molecule has 3 rings (SSSR count). The van der Waals surface area contributed by atoms with Gasteiger partial charge in [-0.2, -0.15) is 0 Å². The molecule has 0 saturated heterocycles. The Morgan fingerprint density at radius 2 is 1.95 bits per heavy atom. The number of hydrogen-bond donors (Lipinski definition) is 1. The number of aryl methyl sites for hydroxylation is 2. The number of nitrogens with zero attached hydrogens (tertiary/aromatic N) is 3. The van der Waals surface area contributed by atoms with E-state index in [1.807, 2.05) is 37.3 Å². The highest BCUT2D eigenvalue weighted by atomic mass is 35.5. The molecule has 6 heteroatoms. The maximum Gasteiger partial charge on any atom is 0.227 e. The van der Waals surface area contributed by atoms with E-state index in [-0.39, 0.29) is 0 Å². The van der Waals surface area contributed by atoms with Gasteiger partial charge >= 0.3 is 0 Å². The molecule has 0 aliphatic heterocycles. The minimum absolute atomic E-state index is 0.524. The first kappa shape index (κ1) is 14.9. The van der Waals surface area contributed by atoms with Crippen LogP contribution in [-0.4, -0.2) is 15.0 Å². The predicted molar refractivity (Wildman–Crippen MR) is 92.0 cm³/mol. The maximum atomic E-state index is 6.28. The van der Waals surface area contributed by atoms with Crippen molar-refractivity contribution in [2.45, 2.75) is 20.3 Å². The lowest BCUT2D eigenvalue weighted by Gasteiger charge is -2.07. The van der Waals surface area contributed by atoms with Gasteiger partial charge in [0, 0.05) is 5.69 Å². The van der Waals surface area contributed by atoms with Crippen LogP contribution in [0.1, 0.15) is 17.6 Å². The van der Waals surface area contributed by atoms with Crippen molar-refractivity contribution in [3.05, 3.63) is 52.3 Å². The lowest BCUT2D eigenvalue weighted by atomic mass is 10.3. The van der Waals surface area contributed by atoms with Crippen molar-refractivity contribution in [2.75, 3.05) is 5.32 Å². The SMILES string of the molecule is CCc1nc(C)c(-c2nc(Nc3ccccc3)ncc2Cl)s1. The number of hydrogen-bond acceptors (Lipinski definition) is 5. The van der Waals surface area contributed by atoms with E-state index in [0.717, 1.165) is 33.4 Å². The lowest BCUT2D eigenvalue weighted by molar-refractivity contribution is 1.07. The third-order valence-electron chi connectivity index (χ3n) is 3.13. The summed E-state index contributed by atoms with van der Waals surface area (Å²) in [6.45, 7) is 4.07. The maximum absolute atomic E-state index is 6.28. The lowest BCUT2D eigenvalue weighted by Crippen LogP contribution is -1.98. The Labute approximate surface area is 138 Å². The molecule has 2 heterocycles. The Balaban J connectivity index is 1.97. The third-order valence-corrected chi connectivity index (χ3v) is 4.72. The third kappa shape index (κ3) is 3.10. The number of rotatable bonds is 4. The van der Waals surface area contributed by atoms with Crippen molar-refractivity contribution < 1.29 is 0 Å². The highest BCUT2D eigenvalue weighted by Gasteiger charge is 2.15. The molecule has 2 aromatic heterocycles. The van der Waals surface area contributed by atoms with Crippen LogP contribution in [0.2, 0.25) is 5.02 Å². The van der Waals surface area contributed by atoms with E-state index in [0.29, 0.717) is 11.0 Å². The second-order valence-corrected chi connectivity index (χ2v) is 6.25. The molecular weight excluding hydrogens is 316 g/mol. The van der Waals surface area contributed by atoms with Crippen LogP contribution in [0.25, 0.3) is 10.6 Å². The number of nitrogens with one attached hydrogen (secondary N) is 1. The molecular formula is C16H15ClN4S. The van der Waals surface area contributed by atoms with Crippen LogP contribution in [-0.2, 0) is 6.42 Å². The smallest absolute Gasteiger partial charge is 0.227 e. The summed E-state index contributed by atoms with van der Waals surface area (Å²) in [7, 11) is 0. The minimum atomic E-state index is 0.524. The number of halogens is 1. The van der Waals surface area contributed by atoms with Crippen LogP contribution in [0.3, 0.4) is 0 Å². The molecule has 22 heavy (non-hydrogen) atoms. The van der Waals surface area contributed by atoms with E-state index in [1.54, 1.807) is 17.5 Å². The van der Waals surface area contributed by atoms with Crippen LogP contribution in [0, 0.1) is 6.92 Å². The molecule has 0 amide bonds. The summed E-state index contributed by atoms with van der Waals surface area (Å²) in [5.41, 5.74) is 2.61. The van der Waals surface area contributed by atoms with Crippen molar-refractivity contribution in [2.24, 2.45) is 0 Å². The van der Waals surface area contributed by atoms with E-state index < -0.39 is 0 Å². The predicted octanol–water partition coefficient (Wildman–Crippen LogP) is 4.87. The van der Waals surface area contributed by atoms with Crippen LogP contribution in [0.15, 0.2) is 36.5 Å². The van der Waals surface area contributed by atoms with E-state index in [9.17, 15) is 0 Å². The summed E-state index contributed by atoms with van der Waals surface area (Å²) in [4.78, 5) is 14.3. The monoisotopic (exact) mass is 330 g/mol. The first-order valence-electron chi connectivity index (χ1n) is 6.98. The first-order valence-corrected chi connectivity index (χ1v) is 8.18. The number of aromatic nitrogens is 3. The second kappa shape index (κ2) is 6.42. The second-order valence-electron chi connectivity index (χ2n) is 4.76. The van der Waals surface area contributed by atoms with Gasteiger partial charge in [0.1, 0.15) is 5.69 Å². The molecule has 1 N–H and O–H groups in total. The van der Waals surface area contributed by atoms with Crippen LogP contribution in [0.5, 0.6) is 0 Å².